The second-order valence-electron chi connectivity index (χ2n) is 4.17. The highest BCUT2D eigenvalue weighted by Crippen LogP contribution is 2.17. The Kier molecular flexibility index (Phi) is 5.58. The van der Waals surface area contributed by atoms with Crippen molar-refractivity contribution < 1.29 is 8.42 Å². The minimum Gasteiger partial charge on any atom is -0.310 e. The predicted octanol–water partition coefficient (Wildman–Crippen LogP) is 1.56. The van der Waals surface area contributed by atoms with Gasteiger partial charge in [0, 0.05) is 30.4 Å². The van der Waals surface area contributed by atoms with Crippen LogP contribution in [0.2, 0.25) is 0 Å². The van der Waals surface area contributed by atoms with Gasteiger partial charge in [-0.3, -0.25) is 4.98 Å². The molecule has 1 atom stereocenters. The minimum atomic E-state index is -2.86. The van der Waals surface area contributed by atoms with Crippen molar-refractivity contribution in [2.75, 3.05) is 18.6 Å². The van der Waals surface area contributed by atoms with Gasteiger partial charge in [0.05, 0.1) is 0 Å². The van der Waals surface area contributed by atoms with E-state index in [1.54, 1.807) is 6.20 Å². The third-order valence-electron chi connectivity index (χ3n) is 2.55. The van der Waals surface area contributed by atoms with Gasteiger partial charge in [0.1, 0.15) is 9.84 Å². The Labute approximate surface area is 103 Å². The SMILES string of the molecule is CCNC(CCCS(C)(=O)=O)c1cccnc1. The highest BCUT2D eigenvalue weighted by Gasteiger charge is 2.11. The molecule has 0 fully saturated rings. The molecular formula is C12H20N2O2S. The number of nitrogens with one attached hydrogen (secondary N) is 1. The quantitative estimate of drug-likeness (QED) is 0.804. The van der Waals surface area contributed by atoms with Gasteiger partial charge < -0.3 is 5.32 Å². The Hall–Kier alpha value is -0.940. The van der Waals surface area contributed by atoms with E-state index in [1.165, 1.54) is 6.26 Å². The fourth-order valence-corrected chi connectivity index (χ4v) is 2.46. The van der Waals surface area contributed by atoms with Crippen molar-refractivity contribution in [1.29, 1.82) is 0 Å². The first-order valence-electron chi connectivity index (χ1n) is 5.84. The van der Waals surface area contributed by atoms with Crippen LogP contribution in [0.15, 0.2) is 24.5 Å². The van der Waals surface area contributed by atoms with Gasteiger partial charge in [-0.15, -0.1) is 0 Å². The number of hydrogen-bond acceptors (Lipinski definition) is 4. The number of hydrogen-bond donors (Lipinski definition) is 1. The molecular weight excluding hydrogens is 236 g/mol. The van der Waals surface area contributed by atoms with Crippen LogP contribution in [-0.2, 0) is 9.84 Å². The largest absolute Gasteiger partial charge is 0.310 e. The van der Waals surface area contributed by atoms with Gasteiger partial charge in [0.2, 0.25) is 0 Å². The van der Waals surface area contributed by atoms with Crippen LogP contribution in [0.5, 0.6) is 0 Å². The predicted molar refractivity (Wildman–Crippen MR) is 69.6 cm³/mol. The highest BCUT2D eigenvalue weighted by atomic mass is 32.2. The third-order valence-corrected chi connectivity index (χ3v) is 3.58. The molecule has 0 saturated heterocycles. The van der Waals surface area contributed by atoms with Crippen molar-refractivity contribution in [3.8, 4) is 0 Å². The maximum Gasteiger partial charge on any atom is 0.147 e. The van der Waals surface area contributed by atoms with E-state index in [1.807, 2.05) is 25.3 Å². The smallest absolute Gasteiger partial charge is 0.147 e. The number of pyridine rings is 1. The molecule has 1 unspecified atom stereocenters. The first-order valence-corrected chi connectivity index (χ1v) is 7.90. The summed E-state index contributed by atoms with van der Waals surface area (Å²) in [4.78, 5) is 4.09. The Bertz CT molecular complexity index is 417. The summed E-state index contributed by atoms with van der Waals surface area (Å²) < 4.78 is 22.1. The highest BCUT2D eigenvalue weighted by molar-refractivity contribution is 7.90. The van der Waals surface area contributed by atoms with Crippen LogP contribution in [0.1, 0.15) is 31.4 Å². The zero-order chi connectivity index (χ0) is 12.7. The molecule has 1 aromatic rings. The number of nitrogens with zero attached hydrogens (tertiary/aromatic N) is 1. The molecule has 1 aromatic heterocycles. The van der Waals surface area contributed by atoms with Gasteiger partial charge >= 0.3 is 0 Å². The zero-order valence-electron chi connectivity index (χ0n) is 10.4. The lowest BCUT2D eigenvalue weighted by molar-refractivity contribution is 0.506. The Balaban J connectivity index is 2.56. The van der Waals surface area contributed by atoms with Crippen molar-refractivity contribution in [2.45, 2.75) is 25.8 Å². The molecule has 0 amide bonds. The van der Waals surface area contributed by atoms with E-state index in [9.17, 15) is 8.42 Å². The van der Waals surface area contributed by atoms with E-state index in [4.69, 9.17) is 0 Å². The lowest BCUT2D eigenvalue weighted by Crippen LogP contribution is -2.21. The summed E-state index contributed by atoms with van der Waals surface area (Å²) in [6.45, 7) is 2.90. The molecule has 0 aliphatic carbocycles. The van der Waals surface area contributed by atoms with Crippen molar-refractivity contribution in [3.63, 3.8) is 0 Å². The van der Waals surface area contributed by atoms with Crippen molar-refractivity contribution in [3.05, 3.63) is 30.1 Å². The molecule has 0 radical (unpaired) electrons. The van der Waals surface area contributed by atoms with Gasteiger partial charge in [-0.05, 0) is 31.0 Å². The Morgan fingerprint density at radius 3 is 2.76 bits per heavy atom. The van der Waals surface area contributed by atoms with Gasteiger partial charge in [-0.1, -0.05) is 13.0 Å². The zero-order valence-corrected chi connectivity index (χ0v) is 11.2. The van der Waals surface area contributed by atoms with Crippen molar-refractivity contribution in [1.82, 2.24) is 10.3 Å². The summed E-state index contributed by atoms with van der Waals surface area (Å²) in [6.07, 6.45) is 6.33. The molecule has 96 valence electrons. The van der Waals surface area contributed by atoms with E-state index in [0.29, 0.717) is 6.42 Å². The monoisotopic (exact) mass is 256 g/mol. The molecule has 0 aromatic carbocycles. The van der Waals surface area contributed by atoms with Gasteiger partial charge in [-0.2, -0.15) is 0 Å². The van der Waals surface area contributed by atoms with E-state index >= 15 is 0 Å². The van der Waals surface area contributed by atoms with Crippen LogP contribution in [0.25, 0.3) is 0 Å². The van der Waals surface area contributed by atoms with Crippen LogP contribution in [0, 0.1) is 0 Å². The summed E-state index contributed by atoms with van der Waals surface area (Å²) in [5.41, 5.74) is 1.11. The van der Waals surface area contributed by atoms with Crippen LogP contribution < -0.4 is 5.32 Å². The second-order valence-corrected chi connectivity index (χ2v) is 6.43. The first kappa shape index (κ1) is 14.1. The second kappa shape index (κ2) is 6.71. The van der Waals surface area contributed by atoms with Crippen molar-refractivity contribution in [2.24, 2.45) is 0 Å². The molecule has 1 heterocycles. The maximum absolute atomic E-state index is 11.1. The fraction of sp³-hybridized carbons (Fsp3) is 0.583. The first-order chi connectivity index (χ1) is 8.03. The molecule has 5 heteroatoms. The molecule has 0 bridgehead atoms. The van der Waals surface area contributed by atoms with E-state index in [-0.39, 0.29) is 11.8 Å². The third kappa shape index (κ3) is 5.79. The molecule has 1 N–H and O–H groups in total. The van der Waals surface area contributed by atoms with Crippen LogP contribution in [-0.4, -0.2) is 32.0 Å². The topological polar surface area (TPSA) is 59.1 Å². The maximum atomic E-state index is 11.1. The number of rotatable bonds is 7. The normalized spacial score (nSPS) is 13.5. The number of sulfone groups is 1. The summed E-state index contributed by atoms with van der Waals surface area (Å²) >= 11 is 0. The lowest BCUT2D eigenvalue weighted by atomic mass is 10.0. The van der Waals surface area contributed by atoms with E-state index in [0.717, 1.165) is 18.5 Å². The average molecular weight is 256 g/mol. The average Bonchev–Trinajstić information content (AvgIpc) is 2.27. The van der Waals surface area contributed by atoms with Crippen molar-refractivity contribution >= 4 is 9.84 Å². The fourth-order valence-electron chi connectivity index (χ4n) is 1.76. The van der Waals surface area contributed by atoms with Crippen LogP contribution >= 0.6 is 0 Å². The summed E-state index contributed by atoms with van der Waals surface area (Å²) in [5.74, 6) is 0.245. The molecule has 0 spiro atoms. The standard InChI is InChI=1S/C12H20N2O2S/c1-3-14-12(7-5-9-17(2,15)16)11-6-4-8-13-10-11/h4,6,8,10,12,14H,3,5,7,9H2,1-2H3. The Morgan fingerprint density at radius 2 is 2.24 bits per heavy atom. The minimum absolute atomic E-state index is 0.190. The van der Waals surface area contributed by atoms with E-state index in [2.05, 4.69) is 10.3 Å². The van der Waals surface area contributed by atoms with E-state index < -0.39 is 9.84 Å². The molecule has 0 aliphatic rings. The summed E-state index contributed by atoms with van der Waals surface area (Å²) in [5, 5.41) is 3.35. The summed E-state index contributed by atoms with van der Waals surface area (Å²) in [7, 11) is -2.86. The number of aromatic nitrogens is 1. The summed E-state index contributed by atoms with van der Waals surface area (Å²) in [6, 6.07) is 4.10. The van der Waals surface area contributed by atoms with Crippen LogP contribution in [0.4, 0.5) is 0 Å². The van der Waals surface area contributed by atoms with Gasteiger partial charge in [-0.25, -0.2) is 8.42 Å². The molecule has 17 heavy (non-hydrogen) atoms. The van der Waals surface area contributed by atoms with Gasteiger partial charge in [0.15, 0.2) is 0 Å². The van der Waals surface area contributed by atoms with Crippen LogP contribution in [0.3, 0.4) is 0 Å². The Morgan fingerprint density at radius 1 is 1.47 bits per heavy atom. The molecule has 0 saturated carbocycles. The molecule has 0 aliphatic heterocycles. The molecule has 1 rings (SSSR count). The molecule has 4 nitrogen and oxygen atoms in total. The van der Waals surface area contributed by atoms with Gasteiger partial charge in [0.25, 0.3) is 0 Å². The lowest BCUT2D eigenvalue weighted by Gasteiger charge is -2.17.